The number of hydrogen-bond acceptors (Lipinski definition) is 5. The van der Waals surface area contributed by atoms with E-state index in [9.17, 15) is 0 Å². The predicted octanol–water partition coefficient (Wildman–Crippen LogP) is 1.65. The van der Waals surface area contributed by atoms with Crippen molar-refractivity contribution in [2.24, 2.45) is 0 Å². The monoisotopic (exact) mass is 215 g/mol. The Hall–Kier alpha value is -0.940. The van der Waals surface area contributed by atoms with Crippen LogP contribution in [0.5, 0.6) is 0 Å². The molecule has 0 saturated heterocycles. The lowest BCUT2D eigenvalue weighted by Crippen LogP contribution is -2.24. The third kappa shape index (κ3) is 4.40. The van der Waals surface area contributed by atoms with Crippen molar-refractivity contribution in [2.45, 2.75) is 26.8 Å². The summed E-state index contributed by atoms with van der Waals surface area (Å²) in [4.78, 5) is 1.98. The van der Waals surface area contributed by atoms with Crippen LogP contribution in [0.15, 0.2) is 4.42 Å². The Kier molecular flexibility index (Phi) is 6.90. The minimum Gasteiger partial charge on any atom is -0.424 e. The van der Waals surface area contributed by atoms with Gasteiger partial charge in [-0.05, 0) is 14.1 Å². The van der Waals surface area contributed by atoms with Gasteiger partial charge in [0.05, 0.1) is 6.61 Å². The van der Waals surface area contributed by atoms with E-state index in [-0.39, 0.29) is 6.04 Å². The molecule has 0 aliphatic carbocycles. The number of hydrogen-bond donors (Lipinski definition) is 0. The molecule has 0 aromatic carbocycles. The van der Waals surface area contributed by atoms with Crippen LogP contribution in [0.25, 0.3) is 0 Å². The number of nitrogens with zero attached hydrogens (tertiary/aromatic N) is 3. The van der Waals surface area contributed by atoms with Gasteiger partial charge in [-0.25, -0.2) is 0 Å². The molecule has 0 amide bonds. The Morgan fingerprint density at radius 2 is 1.93 bits per heavy atom. The summed E-state index contributed by atoms with van der Waals surface area (Å²) in [6.45, 7) is 6.32. The molecule has 0 radical (unpaired) electrons. The first-order chi connectivity index (χ1) is 7.15. The van der Waals surface area contributed by atoms with Gasteiger partial charge in [0.2, 0.25) is 11.8 Å². The van der Waals surface area contributed by atoms with E-state index in [1.807, 2.05) is 32.8 Å². The molecule has 15 heavy (non-hydrogen) atoms. The second-order valence-electron chi connectivity index (χ2n) is 3.09. The second kappa shape index (κ2) is 7.36. The molecule has 1 rings (SSSR count). The van der Waals surface area contributed by atoms with Crippen LogP contribution in [0.4, 0.5) is 0 Å². The van der Waals surface area contributed by atoms with Crippen LogP contribution in [-0.2, 0) is 4.74 Å². The van der Waals surface area contributed by atoms with Crippen molar-refractivity contribution in [2.75, 3.05) is 27.8 Å². The molecule has 0 N–H and O–H groups in total. The highest BCUT2D eigenvalue weighted by Crippen LogP contribution is 2.16. The standard InChI is InChI=1S/C8H15N3O2.C2H6/c1-6-9-10-8(13-6)7(5-12-4)11(2)3;1-2/h7H,5H2,1-4H3;1-2H3. The molecule has 5 heteroatoms. The zero-order valence-corrected chi connectivity index (χ0v) is 10.4. The predicted molar refractivity (Wildman–Crippen MR) is 58.7 cm³/mol. The molecule has 5 nitrogen and oxygen atoms in total. The lowest BCUT2D eigenvalue weighted by molar-refractivity contribution is 0.104. The summed E-state index contributed by atoms with van der Waals surface area (Å²) >= 11 is 0. The minimum absolute atomic E-state index is 0.0335. The summed E-state index contributed by atoms with van der Waals surface area (Å²) in [5.74, 6) is 1.18. The maximum absolute atomic E-state index is 5.32. The third-order valence-electron chi connectivity index (χ3n) is 1.77. The first kappa shape index (κ1) is 14.1. The van der Waals surface area contributed by atoms with Gasteiger partial charge in [-0.3, -0.25) is 4.90 Å². The lowest BCUT2D eigenvalue weighted by Gasteiger charge is -2.19. The summed E-state index contributed by atoms with van der Waals surface area (Å²) < 4.78 is 10.4. The first-order valence-corrected chi connectivity index (χ1v) is 5.10. The van der Waals surface area contributed by atoms with Crippen LogP contribution in [-0.4, -0.2) is 42.9 Å². The summed E-state index contributed by atoms with van der Waals surface area (Å²) in [7, 11) is 5.55. The van der Waals surface area contributed by atoms with E-state index >= 15 is 0 Å². The molecule has 1 unspecified atom stereocenters. The van der Waals surface area contributed by atoms with Crippen LogP contribution >= 0.6 is 0 Å². The maximum atomic E-state index is 5.32. The number of methoxy groups -OCH3 is 1. The van der Waals surface area contributed by atoms with Gasteiger partial charge in [0.15, 0.2) is 0 Å². The fourth-order valence-electron chi connectivity index (χ4n) is 1.05. The zero-order chi connectivity index (χ0) is 11.8. The Morgan fingerprint density at radius 1 is 1.33 bits per heavy atom. The van der Waals surface area contributed by atoms with E-state index in [2.05, 4.69) is 10.2 Å². The maximum Gasteiger partial charge on any atom is 0.235 e. The van der Waals surface area contributed by atoms with Crippen LogP contribution in [0.1, 0.15) is 31.7 Å². The molecule has 0 aliphatic rings. The Bertz CT molecular complexity index is 261. The molecule has 0 spiro atoms. The van der Waals surface area contributed by atoms with Crippen molar-refractivity contribution in [3.8, 4) is 0 Å². The van der Waals surface area contributed by atoms with E-state index in [4.69, 9.17) is 9.15 Å². The summed E-state index contributed by atoms with van der Waals surface area (Å²) in [6, 6.07) is 0.0335. The van der Waals surface area contributed by atoms with Gasteiger partial charge in [-0.1, -0.05) is 13.8 Å². The lowest BCUT2D eigenvalue weighted by atomic mass is 10.3. The highest BCUT2D eigenvalue weighted by Gasteiger charge is 2.19. The number of likely N-dealkylation sites (N-methyl/N-ethyl adjacent to an activating group) is 1. The Morgan fingerprint density at radius 3 is 2.27 bits per heavy atom. The van der Waals surface area contributed by atoms with Crippen molar-refractivity contribution in [1.82, 2.24) is 15.1 Å². The Labute approximate surface area is 91.4 Å². The third-order valence-corrected chi connectivity index (χ3v) is 1.77. The fourth-order valence-corrected chi connectivity index (χ4v) is 1.05. The van der Waals surface area contributed by atoms with Crippen LogP contribution < -0.4 is 0 Å². The van der Waals surface area contributed by atoms with Gasteiger partial charge in [-0.2, -0.15) is 0 Å². The summed E-state index contributed by atoms with van der Waals surface area (Å²) in [5, 5.41) is 7.72. The van der Waals surface area contributed by atoms with Crippen LogP contribution in [0.2, 0.25) is 0 Å². The van der Waals surface area contributed by atoms with Crippen molar-refractivity contribution >= 4 is 0 Å². The van der Waals surface area contributed by atoms with Gasteiger partial charge in [-0.15, -0.1) is 10.2 Å². The van der Waals surface area contributed by atoms with Crippen molar-refractivity contribution in [3.05, 3.63) is 11.8 Å². The van der Waals surface area contributed by atoms with E-state index in [0.717, 1.165) is 0 Å². The molecule has 1 aromatic rings. The molecule has 0 saturated carbocycles. The normalized spacial score (nSPS) is 12.2. The van der Waals surface area contributed by atoms with Gasteiger partial charge in [0.25, 0.3) is 0 Å². The molecule has 88 valence electrons. The molecule has 1 atom stereocenters. The average molecular weight is 215 g/mol. The SMILES string of the molecule is CC.COCC(c1nnc(C)o1)N(C)C. The van der Waals surface area contributed by atoms with Crippen LogP contribution in [0.3, 0.4) is 0 Å². The largest absolute Gasteiger partial charge is 0.424 e. The van der Waals surface area contributed by atoms with E-state index in [1.54, 1.807) is 14.0 Å². The smallest absolute Gasteiger partial charge is 0.235 e. The topological polar surface area (TPSA) is 51.4 Å². The molecule has 0 aliphatic heterocycles. The van der Waals surface area contributed by atoms with Crippen LogP contribution in [0, 0.1) is 6.92 Å². The molecular weight excluding hydrogens is 194 g/mol. The van der Waals surface area contributed by atoms with E-state index < -0.39 is 0 Å². The van der Waals surface area contributed by atoms with Gasteiger partial charge >= 0.3 is 0 Å². The second-order valence-corrected chi connectivity index (χ2v) is 3.09. The highest BCUT2D eigenvalue weighted by molar-refractivity contribution is 4.88. The number of aryl methyl sites for hydroxylation is 1. The summed E-state index contributed by atoms with van der Waals surface area (Å²) in [5.41, 5.74) is 0. The number of rotatable bonds is 4. The number of aromatic nitrogens is 2. The summed E-state index contributed by atoms with van der Waals surface area (Å²) in [6.07, 6.45) is 0. The zero-order valence-electron chi connectivity index (χ0n) is 10.4. The fraction of sp³-hybridized carbons (Fsp3) is 0.800. The van der Waals surface area contributed by atoms with Gasteiger partial charge in [0, 0.05) is 14.0 Å². The Balaban J connectivity index is 0.000000921. The first-order valence-electron chi connectivity index (χ1n) is 5.10. The highest BCUT2D eigenvalue weighted by atomic mass is 16.5. The molecule has 1 heterocycles. The molecule has 1 aromatic heterocycles. The molecule has 0 fully saturated rings. The minimum atomic E-state index is 0.0335. The quantitative estimate of drug-likeness (QED) is 0.764. The number of ether oxygens (including phenoxy) is 1. The molecular formula is C10H21N3O2. The van der Waals surface area contributed by atoms with Gasteiger partial charge in [0.1, 0.15) is 6.04 Å². The van der Waals surface area contributed by atoms with E-state index in [1.165, 1.54) is 0 Å². The molecule has 0 bridgehead atoms. The van der Waals surface area contributed by atoms with E-state index in [0.29, 0.717) is 18.4 Å². The average Bonchev–Trinajstić information content (AvgIpc) is 2.63. The van der Waals surface area contributed by atoms with Crippen molar-refractivity contribution in [1.29, 1.82) is 0 Å². The van der Waals surface area contributed by atoms with Gasteiger partial charge < -0.3 is 9.15 Å². The van der Waals surface area contributed by atoms with Crippen molar-refractivity contribution in [3.63, 3.8) is 0 Å². The van der Waals surface area contributed by atoms with Crippen molar-refractivity contribution < 1.29 is 9.15 Å².